The first kappa shape index (κ1) is 16.0. The van der Waals surface area contributed by atoms with Gasteiger partial charge in [0.25, 0.3) is 11.5 Å². The summed E-state index contributed by atoms with van der Waals surface area (Å²) < 4.78 is 12.2. The number of amides is 1. The number of ether oxygens (including phenoxy) is 2. The van der Waals surface area contributed by atoms with Crippen LogP contribution in [0.25, 0.3) is 0 Å². The minimum absolute atomic E-state index is 0.168. The Morgan fingerprint density at radius 1 is 1.33 bits per heavy atom. The fourth-order valence-electron chi connectivity index (χ4n) is 2.60. The maximum Gasteiger partial charge on any atom is 0.263 e. The van der Waals surface area contributed by atoms with E-state index >= 15 is 0 Å². The first-order chi connectivity index (χ1) is 11.6. The summed E-state index contributed by atoms with van der Waals surface area (Å²) in [6, 6.07) is 3.23. The van der Waals surface area contributed by atoms with Crippen LogP contribution >= 0.6 is 0 Å². The number of aromatic nitrogens is 3. The zero-order valence-corrected chi connectivity index (χ0v) is 13.5. The minimum atomic E-state index is -0.300. The number of rotatable bonds is 4. The molecule has 0 N–H and O–H groups in total. The molecule has 1 fully saturated rings. The number of likely N-dealkylation sites (tertiary alicyclic amines) is 1. The van der Waals surface area contributed by atoms with Gasteiger partial charge in [0, 0.05) is 26.2 Å². The number of hydrogen-bond acceptors (Lipinski definition) is 6. The molecule has 3 heterocycles. The number of aryl methyl sites for hydroxylation is 1. The zero-order valence-electron chi connectivity index (χ0n) is 13.5. The third-order valence-electron chi connectivity index (χ3n) is 3.87. The second-order valence-corrected chi connectivity index (χ2v) is 5.52. The van der Waals surface area contributed by atoms with Crippen molar-refractivity contribution >= 4 is 5.91 Å². The highest BCUT2D eigenvalue weighted by atomic mass is 16.5. The van der Waals surface area contributed by atoms with Crippen molar-refractivity contribution in [3.8, 4) is 11.8 Å². The van der Waals surface area contributed by atoms with Gasteiger partial charge >= 0.3 is 0 Å². The van der Waals surface area contributed by atoms with Crippen LogP contribution in [0.2, 0.25) is 0 Å². The first-order valence-electron chi connectivity index (χ1n) is 7.56. The Labute approximate surface area is 138 Å². The van der Waals surface area contributed by atoms with Gasteiger partial charge in [-0.2, -0.15) is 4.98 Å². The third kappa shape index (κ3) is 3.22. The maximum atomic E-state index is 12.5. The number of carbonyl (C=O) groups excluding carboxylic acids is 1. The quantitative estimate of drug-likeness (QED) is 0.810. The summed E-state index contributed by atoms with van der Waals surface area (Å²) in [5, 5.41) is 0. The molecule has 2 aromatic rings. The standard InChI is InChI=1S/C16H18N4O4/c1-19-6-3-4-12(15(19)21)16(22)20-7-5-11(10-20)24-14-9-17-8-13(18-14)23-2/h3-4,6,8-9,11H,5,7,10H2,1-2H3/t11-/m1/s1. The van der Waals surface area contributed by atoms with Gasteiger partial charge in [-0.15, -0.1) is 0 Å². The molecule has 8 heteroatoms. The van der Waals surface area contributed by atoms with Crippen molar-refractivity contribution in [2.45, 2.75) is 12.5 Å². The van der Waals surface area contributed by atoms with E-state index in [0.717, 1.165) is 0 Å². The highest BCUT2D eigenvalue weighted by Crippen LogP contribution is 2.19. The van der Waals surface area contributed by atoms with Crippen molar-refractivity contribution in [2.75, 3.05) is 20.2 Å². The lowest BCUT2D eigenvalue weighted by Crippen LogP contribution is -2.35. The molecule has 1 aliphatic heterocycles. The van der Waals surface area contributed by atoms with Gasteiger partial charge in [0.05, 0.1) is 26.0 Å². The molecule has 1 atom stereocenters. The Bertz CT molecular complexity index is 805. The van der Waals surface area contributed by atoms with Gasteiger partial charge in [-0.25, -0.2) is 0 Å². The highest BCUT2D eigenvalue weighted by molar-refractivity contribution is 5.94. The van der Waals surface area contributed by atoms with E-state index in [4.69, 9.17) is 9.47 Å². The van der Waals surface area contributed by atoms with E-state index < -0.39 is 0 Å². The Morgan fingerprint density at radius 3 is 2.92 bits per heavy atom. The summed E-state index contributed by atoms with van der Waals surface area (Å²) in [7, 11) is 3.13. The van der Waals surface area contributed by atoms with Gasteiger partial charge in [-0.05, 0) is 12.1 Å². The monoisotopic (exact) mass is 330 g/mol. The van der Waals surface area contributed by atoms with Crippen molar-refractivity contribution < 1.29 is 14.3 Å². The summed E-state index contributed by atoms with van der Waals surface area (Å²) in [5.41, 5.74) is -0.132. The van der Waals surface area contributed by atoms with Crippen molar-refractivity contribution in [1.82, 2.24) is 19.4 Å². The first-order valence-corrected chi connectivity index (χ1v) is 7.56. The van der Waals surface area contributed by atoms with Gasteiger partial charge in [-0.3, -0.25) is 14.6 Å². The van der Waals surface area contributed by atoms with Gasteiger partial charge < -0.3 is 18.9 Å². The van der Waals surface area contributed by atoms with E-state index in [1.54, 1.807) is 30.3 Å². The van der Waals surface area contributed by atoms with Crippen LogP contribution in [-0.2, 0) is 7.05 Å². The number of carbonyl (C=O) groups is 1. The predicted molar refractivity (Wildman–Crippen MR) is 85.2 cm³/mol. The molecule has 0 aromatic carbocycles. The number of methoxy groups -OCH3 is 1. The predicted octanol–water partition coefficient (Wildman–Crippen LogP) is 0.477. The average Bonchev–Trinajstić information content (AvgIpc) is 3.05. The number of nitrogens with zero attached hydrogens (tertiary/aromatic N) is 4. The lowest BCUT2D eigenvalue weighted by Gasteiger charge is -2.17. The molecule has 0 aliphatic carbocycles. The Morgan fingerprint density at radius 2 is 2.12 bits per heavy atom. The number of hydrogen-bond donors (Lipinski definition) is 0. The summed E-state index contributed by atoms with van der Waals surface area (Å²) in [4.78, 5) is 34.3. The second-order valence-electron chi connectivity index (χ2n) is 5.52. The van der Waals surface area contributed by atoms with E-state index in [9.17, 15) is 9.59 Å². The van der Waals surface area contributed by atoms with Crippen LogP contribution in [-0.4, -0.2) is 51.6 Å². The van der Waals surface area contributed by atoms with Crippen LogP contribution in [0.4, 0.5) is 0 Å². The van der Waals surface area contributed by atoms with Gasteiger partial charge in [0.1, 0.15) is 11.7 Å². The van der Waals surface area contributed by atoms with E-state index in [1.165, 1.54) is 24.1 Å². The van der Waals surface area contributed by atoms with Crippen LogP contribution in [0.5, 0.6) is 11.8 Å². The fourth-order valence-corrected chi connectivity index (χ4v) is 2.60. The largest absolute Gasteiger partial charge is 0.480 e. The summed E-state index contributed by atoms with van der Waals surface area (Å²) >= 11 is 0. The van der Waals surface area contributed by atoms with Gasteiger partial charge in [0.2, 0.25) is 11.8 Å². The van der Waals surface area contributed by atoms with E-state index in [-0.39, 0.29) is 23.1 Å². The maximum absolute atomic E-state index is 12.5. The van der Waals surface area contributed by atoms with E-state index in [2.05, 4.69) is 9.97 Å². The molecule has 24 heavy (non-hydrogen) atoms. The Kier molecular flexibility index (Phi) is 4.45. The van der Waals surface area contributed by atoms with Crippen molar-refractivity contribution in [3.05, 3.63) is 46.6 Å². The van der Waals surface area contributed by atoms with Gasteiger partial charge in [-0.1, -0.05) is 0 Å². The van der Waals surface area contributed by atoms with Crippen LogP contribution in [0, 0.1) is 0 Å². The molecule has 0 bridgehead atoms. The molecule has 0 saturated carbocycles. The molecule has 126 valence electrons. The molecule has 3 rings (SSSR count). The summed E-state index contributed by atoms with van der Waals surface area (Å²) in [5.74, 6) is 0.439. The second kappa shape index (κ2) is 6.69. The van der Waals surface area contributed by atoms with Gasteiger partial charge in [0.15, 0.2) is 0 Å². The molecule has 8 nitrogen and oxygen atoms in total. The van der Waals surface area contributed by atoms with Crippen LogP contribution < -0.4 is 15.0 Å². The molecule has 1 saturated heterocycles. The lowest BCUT2D eigenvalue weighted by molar-refractivity contribution is 0.0768. The van der Waals surface area contributed by atoms with Crippen molar-refractivity contribution in [2.24, 2.45) is 7.05 Å². The summed E-state index contributed by atoms with van der Waals surface area (Å²) in [6.07, 6.45) is 5.08. The zero-order chi connectivity index (χ0) is 17.1. The molecule has 2 aromatic heterocycles. The topological polar surface area (TPSA) is 86.5 Å². The molecule has 1 amide bonds. The molecule has 1 aliphatic rings. The third-order valence-corrected chi connectivity index (χ3v) is 3.87. The molecule has 0 radical (unpaired) electrons. The van der Waals surface area contributed by atoms with Crippen LogP contribution in [0.15, 0.2) is 35.5 Å². The fraction of sp³-hybridized carbons (Fsp3) is 0.375. The molecular formula is C16H18N4O4. The van der Waals surface area contributed by atoms with Crippen molar-refractivity contribution in [1.29, 1.82) is 0 Å². The van der Waals surface area contributed by atoms with E-state index in [0.29, 0.717) is 31.3 Å². The van der Waals surface area contributed by atoms with Crippen LogP contribution in [0.3, 0.4) is 0 Å². The normalized spacial score (nSPS) is 16.9. The number of pyridine rings is 1. The van der Waals surface area contributed by atoms with E-state index in [1.807, 2.05) is 0 Å². The minimum Gasteiger partial charge on any atom is -0.480 e. The SMILES string of the molecule is COc1cncc(O[C@@H]2CCN(C(=O)c3cccn(C)c3=O)C2)n1. The highest BCUT2D eigenvalue weighted by Gasteiger charge is 2.29. The molecule has 0 unspecified atom stereocenters. The van der Waals surface area contributed by atoms with Crippen LogP contribution in [0.1, 0.15) is 16.8 Å². The molecule has 0 spiro atoms. The van der Waals surface area contributed by atoms with Crippen molar-refractivity contribution in [3.63, 3.8) is 0 Å². The molecular weight excluding hydrogens is 312 g/mol. The Balaban J connectivity index is 1.67. The Hall–Kier alpha value is -2.90. The smallest absolute Gasteiger partial charge is 0.263 e. The summed E-state index contributed by atoms with van der Waals surface area (Å²) in [6.45, 7) is 0.925. The lowest BCUT2D eigenvalue weighted by atomic mass is 10.2. The average molecular weight is 330 g/mol.